The lowest BCUT2D eigenvalue weighted by Crippen LogP contribution is -2.30. The number of benzene rings is 2. The number of carboxylic acid groups (broad SMARTS) is 1. The van der Waals surface area contributed by atoms with Gasteiger partial charge in [0.05, 0.1) is 12.0 Å². The Labute approximate surface area is 197 Å². The summed E-state index contributed by atoms with van der Waals surface area (Å²) in [6.07, 6.45) is 13.6. The van der Waals surface area contributed by atoms with Crippen molar-refractivity contribution in [1.82, 2.24) is 5.32 Å². The minimum atomic E-state index is -0.657. The van der Waals surface area contributed by atoms with Crippen LogP contribution in [-0.2, 0) is 11.3 Å². The highest BCUT2D eigenvalue weighted by molar-refractivity contribution is 5.70. The first-order valence-electron chi connectivity index (χ1n) is 12.9. The van der Waals surface area contributed by atoms with Gasteiger partial charge >= 0.3 is 5.97 Å². The van der Waals surface area contributed by atoms with Gasteiger partial charge in [0.25, 0.3) is 0 Å². The maximum absolute atomic E-state index is 11.2. The van der Waals surface area contributed by atoms with Gasteiger partial charge in [-0.1, -0.05) is 43.2 Å². The Bertz CT molecular complexity index is 938. The van der Waals surface area contributed by atoms with Crippen LogP contribution in [0, 0.1) is 11.3 Å². The molecule has 3 aliphatic rings. The largest absolute Gasteiger partial charge is 0.490 e. The van der Waals surface area contributed by atoms with E-state index in [2.05, 4.69) is 53.8 Å². The highest BCUT2D eigenvalue weighted by atomic mass is 16.5. The highest BCUT2D eigenvalue weighted by Crippen LogP contribution is 2.49. The van der Waals surface area contributed by atoms with Gasteiger partial charge in [0.1, 0.15) is 5.75 Å². The van der Waals surface area contributed by atoms with Crippen LogP contribution < -0.4 is 10.1 Å². The van der Waals surface area contributed by atoms with E-state index in [1.54, 1.807) is 0 Å². The van der Waals surface area contributed by atoms with Crippen LogP contribution in [-0.4, -0.2) is 23.2 Å². The molecular formula is C29H37NO3. The zero-order chi connectivity index (χ0) is 22.7. The van der Waals surface area contributed by atoms with Crippen LogP contribution in [0.5, 0.6) is 5.75 Å². The summed E-state index contributed by atoms with van der Waals surface area (Å²) in [5.41, 5.74) is 4.29. The van der Waals surface area contributed by atoms with Crippen LogP contribution in [0.25, 0.3) is 11.1 Å². The average molecular weight is 448 g/mol. The normalized spacial score (nSPS) is 24.8. The molecule has 0 aromatic heterocycles. The predicted octanol–water partition coefficient (Wildman–Crippen LogP) is 6.58. The Morgan fingerprint density at radius 1 is 0.939 bits per heavy atom. The molecule has 0 saturated heterocycles. The number of aliphatic carboxylic acids is 1. The highest BCUT2D eigenvalue weighted by Gasteiger charge is 2.38. The van der Waals surface area contributed by atoms with Gasteiger partial charge in [-0.05, 0) is 98.1 Å². The minimum Gasteiger partial charge on any atom is -0.490 e. The zero-order valence-electron chi connectivity index (χ0n) is 19.6. The smallest absolute Gasteiger partial charge is 0.306 e. The van der Waals surface area contributed by atoms with Crippen molar-refractivity contribution >= 4 is 5.97 Å². The average Bonchev–Trinajstić information content (AvgIpc) is 3.50. The maximum Gasteiger partial charge on any atom is 0.306 e. The van der Waals surface area contributed by atoms with Gasteiger partial charge in [0.15, 0.2) is 0 Å². The quantitative estimate of drug-likeness (QED) is 0.503. The van der Waals surface area contributed by atoms with Crippen LogP contribution >= 0.6 is 0 Å². The summed E-state index contributed by atoms with van der Waals surface area (Å²) in [6, 6.07) is 17.5. The molecule has 33 heavy (non-hydrogen) atoms. The SMILES string of the molecule is O=C(O)C1CCC(NCc2cccc(-c3ccc(OC4CCC5(CCCC5)CC4)cc3)c2)C1. The Morgan fingerprint density at radius 2 is 1.70 bits per heavy atom. The first kappa shape index (κ1) is 22.5. The number of nitrogens with one attached hydrogen (secondary N) is 1. The van der Waals surface area contributed by atoms with E-state index < -0.39 is 5.97 Å². The number of hydrogen-bond donors (Lipinski definition) is 2. The molecule has 0 amide bonds. The van der Waals surface area contributed by atoms with Gasteiger partial charge in [-0.15, -0.1) is 0 Å². The zero-order valence-corrected chi connectivity index (χ0v) is 19.6. The van der Waals surface area contributed by atoms with Crippen LogP contribution in [0.1, 0.15) is 76.2 Å². The van der Waals surface area contributed by atoms with E-state index in [0.717, 1.165) is 31.6 Å². The van der Waals surface area contributed by atoms with E-state index in [-0.39, 0.29) is 5.92 Å². The summed E-state index contributed by atoms with van der Waals surface area (Å²) in [6.45, 7) is 0.773. The molecule has 2 aromatic carbocycles. The van der Waals surface area contributed by atoms with Crippen molar-refractivity contribution in [3.63, 3.8) is 0 Å². The standard InChI is InChI=1S/C29H37NO3/c31-28(32)24-6-9-25(19-24)30-20-21-4-3-5-23(18-21)22-7-10-26(11-8-22)33-27-12-16-29(17-13-27)14-1-2-15-29/h3-5,7-8,10-11,18,24-25,27,30H,1-2,6,9,12-17,19-20H2,(H,31,32). The molecular weight excluding hydrogens is 410 g/mol. The molecule has 1 spiro atoms. The third-order valence-electron chi connectivity index (χ3n) is 8.45. The van der Waals surface area contributed by atoms with Crippen LogP contribution in [0.15, 0.2) is 48.5 Å². The van der Waals surface area contributed by atoms with Crippen LogP contribution in [0.3, 0.4) is 0 Å². The van der Waals surface area contributed by atoms with Crippen molar-refractivity contribution in [3.8, 4) is 16.9 Å². The van der Waals surface area contributed by atoms with Gasteiger partial charge in [-0.2, -0.15) is 0 Å². The molecule has 0 heterocycles. The lowest BCUT2D eigenvalue weighted by molar-refractivity contribution is -0.141. The Kier molecular flexibility index (Phi) is 6.73. The molecule has 0 bridgehead atoms. The summed E-state index contributed by atoms with van der Waals surface area (Å²) in [7, 11) is 0. The lowest BCUT2D eigenvalue weighted by atomic mass is 9.72. The lowest BCUT2D eigenvalue weighted by Gasteiger charge is -2.37. The van der Waals surface area contributed by atoms with E-state index in [1.807, 2.05) is 0 Å². The number of hydrogen-bond acceptors (Lipinski definition) is 3. The first-order chi connectivity index (χ1) is 16.1. The third-order valence-corrected chi connectivity index (χ3v) is 8.45. The molecule has 0 aliphatic heterocycles. The fraction of sp³-hybridized carbons (Fsp3) is 0.552. The van der Waals surface area contributed by atoms with Crippen LogP contribution in [0.4, 0.5) is 0 Å². The topological polar surface area (TPSA) is 58.6 Å². The fourth-order valence-electron chi connectivity index (χ4n) is 6.38. The number of ether oxygens (including phenoxy) is 1. The second-order valence-electron chi connectivity index (χ2n) is 10.7. The molecule has 4 heteroatoms. The van der Waals surface area contributed by atoms with Crippen LogP contribution in [0.2, 0.25) is 0 Å². The molecule has 2 N–H and O–H groups in total. The monoisotopic (exact) mass is 447 g/mol. The van der Waals surface area contributed by atoms with Crippen molar-refractivity contribution in [2.75, 3.05) is 0 Å². The fourth-order valence-corrected chi connectivity index (χ4v) is 6.38. The molecule has 5 rings (SSSR count). The molecule has 2 atom stereocenters. The molecule has 3 aliphatic carbocycles. The summed E-state index contributed by atoms with van der Waals surface area (Å²) < 4.78 is 6.34. The number of carboxylic acids is 1. The maximum atomic E-state index is 11.2. The van der Waals surface area contributed by atoms with Crippen molar-refractivity contribution < 1.29 is 14.6 Å². The van der Waals surface area contributed by atoms with E-state index in [4.69, 9.17) is 4.74 Å². The Morgan fingerprint density at radius 3 is 2.39 bits per heavy atom. The Balaban J connectivity index is 1.14. The first-order valence-corrected chi connectivity index (χ1v) is 12.9. The molecule has 3 fully saturated rings. The van der Waals surface area contributed by atoms with Gasteiger partial charge in [0.2, 0.25) is 0 Å². The van der Waals surface area contributed by atoms with Crippen molar-refractivity contribution in [2.45, 2.75) is 89.3 Å². The van der Waals surface area contributed by atoms with Crippen molar-refractivity contribution in [1.29, 1.82) is 0 Å². The summed E-state index contributed by atoms with van der Waals surface area (Å²) >= 11 is 0. The summed E-state index contributed by atoms with van der Waals surface area (Å²) in [5, 5.41) is 12.7. The minimum absolute atomic E-state index is 0.188. The second kappa shape index (κ2) is 9.89. The van der Waals surface area contributed by atoms with Gasteiger partial charge in [-0.3, -0.25) is 4.79 Å². The van der Waals surface area contributed by atoms with E-state index >= 15 is 0 Å². The molecule has 176 valence electrons. The molecule has 2 unspecified atom stereocenters. The van der Waals surface area contributed by atoms with Gasteiger partial charge in [-0.25, -0.2) is 0 Å². The molecule has 4 nitrogen and oxygen atoms in total. The summed E-state index contributed by atoms with van der Waals surface area (Å²) in [5.74, 6) is 0.139. The summed E-state index contributed by atoms with van der Waals surface area (Å²) in [4.78, 5) is 11.2. The van der Waals surface area contributed by atoms with E-state index in [9.17, 15) is 9.90 Å². The predicted molar refractivity (Wildman–Crippen MR) is 131 cm³/mol. The Hall–Kier alpha value is -2.33. The number of carbonyl (C=O) groups is 1. The van der Waals surface area contributed by atoms with Gasteiger partial charge in [0, 0.05) is 12.6 Å². The van der Waals surface area contributed by atoms with E-state index in [1.165, 1.54) is 68.1 Å². The van der Waals surface area contributed by atoms with E-state index in [0.29, 0.717) is 17.6 Å². The van der Waals surface area contributed by atoms with Crippen molar-refractivity contribution in [2.24, 2.45) is 11.3 Å². The third kappa shape index (κ3) is 5.43. The molecule has 3 saturated carbocycles. The van der Waals surface area contributed by atoms with Crippen molar-refractivity contribution in [3.05, 3.63) is 54.1 Å². The molecule has 2 aromatic rings. The molecule has 0 radical (unpaired) electrons. The second-order valence-corrected chi connectivity index (χ2v) is 10.7. The van der Waals surface area contributed by atoms with Gasteiger partial charge < -0.3 is 15.2 Å². The number of rotatable bonds is 7.